The summed E-state index contributed by atoms with van der Waals surface area (Å²) < 4.78 is 14.2. The lowest BCUT2D eigenvalue weighted by atomic mass is 9.73. The first-order valence-corrected chi connectivity index (χ1v) is 13.5. The molecular weight excluding hydrogens is 474 g/mol. The third-order valence-corrected chi connectivity index (χ3v) is 8.29. The number of benzene rings is 2. The zero-order valence-electron chi connectivity index (χ0n) is 22.2. The summed E-state index contributed by atoms with van der Waals surface area (Å²) in [4.78, 5) is 7.23. The van der Waals surface area contributed by atoms with Crippen LogP contribution in [-0.4, -0.2) is 57.7 Å². The predicted molar refractivity (Wildman–Crippen MR) is 149 cm³/mol. The van der Waals surface area contributed by atoms with Gasteiger partial charge in [-0.1, -0.05) is 29.0 Å². The van der Waals surface area contributed by atoms with Gasteiger partial charge >= 0.3 is 0 Å². The average Bonchev–Trinajstić information content (AvgIpc) is 3.44. The van der Waals surface area contributed by atoms with Gasteiger partial charge in [0.25, 0.3) is 0 Å². The average molecular weight is 510 g/mol. The van der Waals surface area contributed by atoms with E-state index in [0.29, 0.717) is 30.9 Å². The molecule has 38 heavy (non-hydrogen) atoms. The summed E-state index contributed by atoms with van der Waals surface area (Å²) in [6.45, 7) is 8.91. The van der Waals surface area contributed by atoms with Crippen molar-refractivity contribution in [2.24, 2.45) is 11.8 Å². The van der Waals surface area contributed by atoms with E-state index in [-0.39, 0.29) is 6.10 Å². The summed E-state index contributed by atoms with van der Waals surface area (Å²) >= 11 is 0. The first-order chi connectivity index (χ1) is 18.6. The molecule has 3 saturated heterocycles. The summed E-state index contributed by atoms with van der Waals surface area (Å²) in [6, 6.07) is 16.8. The molecule has 2 aromatic carbocycles. The van der Waals surface area contributed by atoms with Gasteiger partial charge in [-0.15, -0.1) is 11.7 Å². The number of nitrogens with zero attached hydrogens (tertiary/aromatic N) is 5. The molecule has 7 nitrogen and oxygen atoms in total. The molecule has 2 aromatic heterocycles. The van der Waals surface area contributed by atoms with Crippen molar-refractivity contribution < 1.29 is 9.47 Å². The molecule has 0 aliphatic carbocycles. The molecule has 7 heteroatoms. The molecule has 3 fully saturated rings. The van der Waals surface area contributed by atoms with E-state index in [9.17, 15) is 0 Å². The van der Waals surface area contributed by atoms with Crippen LogP contribution in [0.3, 0.4) is 0 Å². The number of aromatic nitrogens is 4. The number of hydrogen-bond acceptors (Lipinski definition) is 6. The van der Waals surface area contributed by atoms with Gasteiger partial charge in [-0.2, -0.15) is 0 Å². The van der Waals surface area contributed by atoms with Crippen LogP contribution in [0.25, 0.3) is 16.6 Å². The Morgan fingerprint density at radius 3 is 2.79 bits per heavy atom. The number of piperidine rings is 3. The van der Waals surface area contributed by atoms with Gasteiger partial charge in [0.1, 0.15) is 5.75 Å². The molecule has 0 amide bonds. The maximum Gasteiger partial charge on any atom is 0.119 e. The summed E-state index contributed by atoms with van der Waals surface area (Å²) in [6.07, 6.45) is 9.00. The normalized spacial score (nSPS) is 23.4. The van der Waals surface area contributed by atoms with Crippen LogP contribution in [0.5, 0.6) is 5.75 Å². The van der Waals surface area contributed by atoms with Crippen molar-refractivity contribution in [2.75, 3.05) is 26.8 Å². The van der Waals surface area contributed by atoms with Gasteiger partial charge in [0.15, 0.2) is 0 Å². The minimum absolute atomic E-state index is 0.0756. The Morgan fingerprint density at radius 2 is 2.03 bits per heavy atom. The molecule has 196 valence electrons. The first kappa shape index (κ1) is 24.8. The Hall–Kier alpha value is -3.55. The van der Waals surface area contributed by atoms with Crippen molar-refractivity contribution in [1.29, 1.82) is 0 Å². The fourth-order valence-corrected chi connectivity index (χ4v) is 6.15. The molecule has 0 N–H and O–H groups in total. The Kier molecular flexibility index (Phi) is 6.96. The Balaban J connectivity index is 1.26. The smallest absolute Gasteiger partial charge is 0.119 e. The van der Waals surface area contributed by atoms with Crippen LogP contribution in [-0.2, 0) is 11.2 Å². The molecule has 3 aliphatic rings. The maximum absolute atomic E-state index is 6.79. The van der Waals surface area contributed by atoms with E-state index in [2.05, 4.69) is 76.2 Å². The highest BCUT2D eigenvalue weighted by molar-refractivity contribution is 5.84. The second-order valence-electron chi connectivity index (χ2n) is 10.6. The molecule has 7 rings (SSSR count). The van der Waals surface area contributed by atoms with Gasteiger partial charge in [-0.3, -0.25) is 9.88 Å². The highest BCUT2D eigenvalue weighted by Gasteiger charge is 2.43. The highest BCUT2D eigenvalue weighted by atomic mass is 16.5. The minimum atomic E-state index is -0.0756. The van der Waals surface area contributed by atoms with Crippen LogP contribution in [0.2, 0.25) is 0 Å². The molecule has 0 spiro atoms. The van der Waals surface area contributed by atoms with Crippen LogP contribution >= 0.6 is 0 Å². The van der Waals surface area contributed by atoms with Crippen LogP contribution in [0.1, 0.15) is 35.8 Å². The van der Waals surface area contributed by atoms with Crippen molar-refractivity contribution in [3.63, 3.8) is 0 Å². The lowest BCUT2D eigenvalue weighted by molar-refractivity contribution is -0.0742. The van der Waals surface area contributed by atoms with Crippen LogP contribution < -0.4 is 4.74 Å². The summed E-state index contributed by atoms with van der Waals surface area (Å²) in [5, 5.41) is 9.84. The molecule has 5 atom stereocenters. The van der Waals surface area contributed by atoms with E-state index < -0.39 is 0 Å². The largest absolute Gasteiger partial charge is 0.497 e. The molecule has 1 unspecified atom stereocenters. The van der Waals surface area contributed by atoms with Crippen molar-refractivity contribution in [3.05, 3.63) is 90.4 Å². The number of fused-ring (bicyclic) bond motifs is 4. The van der Waals surface area contributed by atoms with E-state index in [1.165, 1.54) is 17.5 Å². The molecule has 5 heterocycles. The third kappa shape index (κ3) is 4.84. The van der Waals surface area contributed by atoms with Crippen LogP contribution in [0.4, 0.5) is 0 Å². The van der Waals surface area contributed by atoms with Gasteiger partial charge in [-0.05, 0) is 80.1 Å². The van der Waals surface area contributed by atoms with E-state index in [0.717, 1.165) is 47.5 Å². The Labute approximate surface area is 224 Å². The van der Waals surface area contributed by atoms with E-state index >= 15 is 0 Å². The number of hydrogen-bond donors (Lipinski definition) is 0. The molecule has 2 bridgehead atoms. The van der Waals surface area contributed by atoms with Gasteiger partial charge < -0.3 is 9.47 Å². The first-order valence-electron chi connectivity index (χ1n) is 13.5. The molecule has 4 aromatic rings. The van der Waals surface area contributed by atoms with Gasteiger partial charge in [0.2, 0.25) is 0 Å². The van der Waals surface area contributed by atoms with Gasteiger partial charge in [0.05, 0.1) is 42.9 Å². The van der Waals surface area contributed by atoms with Crippen molar-refractivity contribution in [1.82, 2.24) is 24.9 Å². The predicted octanol–water partition coefficient (Wildman–Crippen LogP) is 5.33. The SMILES string of the molecule is C=C[C@H]1CN2CC[C@H]1C[C@@H]2[C@H](OCCc1cn(-c2ccc(C)cc2)nn1)c1ccnc2ccc(OC)cc12. The number of aryl methyl sites for hydroxylation is 1. The number of methoxy groups -OCH3 is 1. The van der Waals surface area contributed by atoms with Crippen LogP contribution in [0.15, 0.2) is 73.6 Å². The van der Waals surface area contributed by atoms with E-state index in [4.69, 9.17) is 9.47 Å². The highest BCUT2D eigenvalue weighted by Crippen LogP contribution is 2.43. The second kappa shape index (κ2) is 10.7. The van der Waals surface area contributed by atoms with Gasteiger partial charge in [0, 0.05) is 30.6 Å². The minimum Gasteiger partial charge on any atom is -0.497 e. The standard InChI is InChI=1S/C31H35N5O2/c1-4-22-19-35-15-12-23(22)17-30(35)31(27-11-14-32-29-10-9-26(37-3)18-28(27)29)38-16-13-24-20-36(34-33-24)25-7-5-21(2)6-8-25/h4-11,14,18,20,22-23,30-31H,1,12-13,15-17,19H2,2-3H3/t22-,23-,30+,31+/m0/s1. The van der Waals surface area contributed by atoms with Gasteiger partial charge in [-0.25, -0.2) is 4.68 Å². The molecular formula is C31H35N5O2. The zero-order chi connectivity index (χ0) is 26.1. The Bertz CT molecular complexity index is 1420. The fourth-order valence-electron chi connectivity index (χ4n) is 6.15. The number of pyridine rings is 1. The quantitative estimate of drug-likeness (QED) is 0.284. The maximum atomic E-state index is 6.79. The topological polar surface area (TPSA) is 65.3 Å². The summed E-state index contributed by atoms with van der Waals surface area (Å²) in [5.41, 5.74) is 5.28. The molecule has 0 radical (unpaired) electrons. The van der Waals surface area contributed by atoms with Crippen molar-refractivity contribution in [2.45, 2.75) is 38.3 Å². The Morgan fingerprint density at radius 1 is 1.16 bits per heavy atom. The molecule has 0 saturated carbocycles. The lowest BCUT2D eigenvalue weighted by Crippen LogP contribution is -2.55. The summed E-state index contributed by atoms with van der Waals surface area (Å²) in [7, 11) is 1.70. The van der Waals surface area contributed by atoms with Crippen LogP contribution in [0, 0.1) is 18.8 Å². The zero-order valence-corrected chi connectivity index (χ0v) is 22.2. The van der Waals surface area contributed by atoms with Crippen molar-refractivity contribution >= 4 is 10.9 Å². The van der Waals surface area contributed by atoms with E-state index in [1.807, 2.05) is 29.2 Å². The molecule has 3 aliphatic heterocycles. The summed E-state index contributed by atoms with van der Waals surface area (Å²) in [5.74, 6) is 2.05. The number of ether oxygens (including phenoxy) is 2. The third-order valence-electron chi connectivity index (χ3n) is 8.29. The van der Waals surface area contributed by atoms with E-state index in [1.54, 1.807) is 7.11 Å². The number of rotatable bonds is 9. The second-order valence-corrected chi connectivity index (χ2v) is 10.6. The fraction of sp³-hybridized carbons (Fsp3) is 0.387. The van der Waals surface area contributed by atoms with Crippen molar-refractivity contribution in [3.8, 4) is 11.4 Å². The monoisotopic (exact) mass is 509 g/mol. The lowest BCUT2D eigenvalue weighted by Gasteiger charge is -2.51.